The van der Waals surface area contributed by atoms with E-state index < -0.39 is 29.9 Å². The van der Waals surface area contributed by atoms with Gasteiger partial charge in [0.05, 0.1) is 11.3 Å². The molecule has 0 radical (unpaired) electrons. The number of halogens is 4. The molecule has 0 unspecified atom stereocenters. The zero-order valence-electron chi connectivity index (χ0n) is 14.3. The molecule has 0 heterocycles. The fraction of sp³-hybridized carbons (Fsp3) is 0.176. The second kappa shape index (κ2) is 9.04. The molecule has 0 saturated heterocycles. The zero-order valence-corrected chi connectivity index (χ0v) is 14.3. The summed E-state index contributed by atoms with van der Waals surface area (Å²) < 4.78 is 54.3. The van der Waals surface area contributed by atoms with Crippen LogP contribution in [0.25, 0.3) is 0 Å². The van der Waals surface area contributed by atoms with Gasteiger partial charge in [0.15, 0.2) is 0 Å². The number of hydrogen-bond acceptors (Lipinski definition) is 4. The van der Waals surface area contributed by atoms with Gasteiger partial charge in [-0.1, -0.05) is 6.07 Å². The van der Waals surface area contributed by atoms with Crippen LogP contribution >= 0.6 is 0 Å². The van der Waals surface area contributed by atoms with Crippen molar-refractivity contribution >= 4 is 23.3 Å². The van der Waals surface area contributed by atoms with Crippen molar-refractivity contribution in [3.8, 4) is 5.75 Å². The zero-order chi connectivity index (χ0) is 20.7. The SMILES string of the molecule is NCCNC(=O)c1ccc(OC(F)(F)F)cc1NC(=O)Nc1cccc(F)c1. The Balaban J connectivity index is 2.25. The van der Waals surface area contributed by atoms with Crippen LogP contribution in [0, 0.1) is 5.82 Å². The molecule has 0 aromatic heterocycles. The molecule has 11 heteroatoms. The van der Waals surface area contributed by atoms with E-state index in [1.165, 1.54) is 18.2 Å². The van der Waals surface area contributed by atoms with Crippen LogP contribution in [-0.4, -0.2) is 31.4 Å². The van der Waals surface area contributed by atoms with E-state index in [0.29, 0.717) is 0 Å². The molecule has 0 aliphatic rings. The van der Waals surface area contributed by atoms with Gasteiger partial charge in [-0.15, -0.1) is 13.2 Å². The third-order valence-electron chi connectivity index (χ3n) is 3.23. The minimum Gasteiger partial charge on any atom is -0.406 e. The molecule has 2 rings (SSSR count). The molecule has 0 aliphatic carbocycles. The van der Waals surface area contributed by atoms with Crippen molar-refractivity contribution in [3.63, 3.8) is 0 Å². The highest BCUT2D eigenvalue weighted by atomic mass is 19.4. The van der Waals surface area contributed by atoms with Crippen LogP contribution in [0.5, 0.6) is 5.75 Å². The molecule has 2 aromatic rings. The summed E-state index contributed by atoms with van der Waals surface area (Å²) in [5.41, 5.74) is 5.04. The number of nitrogens with one attached hydrogen (secondary N) is 3. The first-order valence-electron chi connectivity index (χ1n) is 7.89. The van der Waals surface area contributed by atoms with Gasteiger partial charge < -0.3 is 26.4 Å². The van der Waals surface area contributed by atoms with E-state index in [2.05, 4.69) is 20.7 Å². The number of carbonyl (C=O) groups is 2. The van der Waals surface area contributed by atoms with Gasteiger partial charge in [-0.05, 0) is 30.3 Å². The molecular formula is C17H16F4N4O3. The lowest BCUT2D eigenvalue weighted by atomic mass is 10.1. The summed E-state index contributed by atoms with van der Waals surface area (Å²) in [5.74, 6) is -1.89. The maximum Gasteiger partial charge on any atom is 0.573 e. The Bertz CT molecular complexity index is 859. The van der Waals surface area contributed by atoms with Gasteiger partial charge in [0.25, 0.3) is 5.91 Å². The molecule has 150 valence electrons. The molecule has 7 nitrogen and oxygen atoms in total. The molecule has 0 bridgehead atoms. The predicted octanol–water partition coefficient (Wildman–Crippen LogP) is 3.06. The molecule has 0 fully saturated rings. The normalized spacial score (nSPS) is 10.9. The molecule has 28 heavy (non-hydrogen) atoms. The molecule has 0 spiro atoms. The lowest BCUT2D eigenvalue weighted by molar-refractivity contribution is -0.274. The monoisotopic (exact) mass is 400 g/mol. The van der Waals surface area contributed by atoms with Crippen LogP contribution in [0.15, 0.2) is 42.5 Å². The third kappa shape index (κ3) is 6.43. The fourth-order valence-corrected chi connectivity index (χ4v) is 2.15. The predicted molar refractivity (Wildman–Crippen MR) is 93.6 cm³/mol. The molecule has 2 aromatic carbocycles. The molecule has 0 saturated carbocycles. The smallest absolute Gasteiger partial charge is 0.406 e. The van der Waals surface area contributed by atoms with Crippen molar-refractivity contribution in [2.75, 3.05) is 23.7 Å². The average molecular weight is 400 g/mol. The van der Waals surface area contributed by atoms with E-state index in [1.807, 2.05) is 0 Å². The number of rotatable bonds is 6. The number of amides is 3. The highest BCUT2D eigenvalue weighted by Gasteiger charge is 2.31. The number of ether oxygens (including phenoxy) is 1. The lowest BCUT2D eigenvalue weighted by Gasteiger charge is -2.15. The maximum atomic E-state index is 13.2. The summed E-state index contributed by atoms with van der Waals surface area (Å²) in [6.45, 7) is 0.262. The number of urea groups is 1. The van der Waals surface area contributed by atoms with Crippen molar-refractivity contribution in [3.05, 3.63) is 53.8 Å². The Morgan fingerprint density at radius 2 is 1.82 bits per heavy atom. The number of carbonyl (C=O) groups excluding carboxylic acids is 2. The van der Waals surface area contributed by atoms with E-state index in [9.17, 15) is 27.2 Å². The van der Waals surface area contributed by atoms with E-state index in [0.717, 1.165) is 24.3 Å². The minimum atomic E-state index is -4.95. The standard InChI is InChI=1S/C17H16F4N4O3/c18-10-2-1-3-11(8-10)24-16(27)25-14-9-12(28-17(19,20)21)4-5-13(14)15(26)23-7-6-22/h1-5,8-9H,6-7,22H2,(H,23,26)(H2,24,25,27). The van der Waals surface area contributed by atoms with Crippen molar-refractivity contribution in [2.24, 2.45) is 5.73 Å². The summed E-state index contributed by atoms with van der Waals surface area (Å²) in [6, 6.07) is 6.90. The van der Waals surface area contributed by atoms with E-state index in [1.54, 1.807) is 0 Å². The van der Waals surface area contributed by atoms with Crippen molar-refractivity contribution in [2.45, 2.75) is 6.36 Å². The highest BCUT2D eigenvalue weighted by Crippen LogP contribution is 2.28. The lowest BCUT2D eigenvalue weighted by Crippen LogP contribution is -2.30. The largest absolute Gasteiger partial charge is 0.573 e. The Morgan fingerprint density at radius 3 is 2.46 bits per heavy atom. The van der Waals surface area contributed by atoms with Gasteiger partial charge in [0.1, 0.15) is 11.6 Å². The van der Waals surface area contributed by atoms with Crippen molar-refractivity contribution < 1.29 is 31.9 Å². The van der Waals surface area contributed by atoms with E-state index >= 15 is 0 Å². The number of nitrogens with two attached hydrogens (primary N) is 1. The van der Waals surface area contributed by atoms with Gasteiger partial charge >= 0.3 is 12.4 Å². The molecule has 5 N–H and O–H groups in total. The average Bonchev–Trinajstić information content (AvgIpc) is 2.58. The Morgan fingerprint density at radius 1 is 1.07 bits per heavy atom. The molecule has 3 amide bonds. The molecule has 0 aliphatic heterocycles. The van der Waals surface area contributed by atoms with Crippen molar-refractivity contribution in [1.82, 2.24) is 5.32 Å². The van der Waals surface area contributed by atoms with Crippen molar-refractivity contribution in [1.29, 1.82) is 0 Å². The van der Waals surface area contributed by atoms with Gasteiger partial charge in [0, 0.05) is 24.8 Å². The quantitative estimate of drug-likeness (QED) is 0.560. The number of hydrogen-bond donors (Lipinski definition) is 4. The first kappa shape index (κ1) is 21.0. The van der Waals surface area contributed by atoms with Crippen LogP contribution in [0.2, 0.25) is 0 Å². The van der Waals surface area contributed by atoms with Gasteiger partial charge in [-0.2, -0.15) is 0 Å². The Hall–Kier alpha value is -3.34. The highest BCUT2D eigenvalue weighted by molar-refractivity contribution is 6.06. The van der Waals surface area contributed by atoms with Crippen LogP contribution in [-0.2, 0) is 0 Å². The second-order valence-corrected chi connectivity index (χ2v) is 5.39. The summed E-state index contributed by atoms with van der Waals surface area (Å²) in [7, 11) is 0. The van der Waals surface area contributed by atoms with E-state index in [-0.39, 0.29) is 30.0 Å². The van der Waals surface area contributed by atoms with Crippen LogP contribution < -0.4 is 26.4 Å². The summed E-state index contributed by atoms with van der Waals surface area (Å²) in [6.07, 6.45) is -4.95. The maximum absolute atomic E-state index is 13.2. The summed E-state index contributed by atoms with van der Waals surface area (Å²) in [5, 5.41) is 6.99. The topological polar surface area (TPSA) is 105 Å². The molecular weight excluding hydrogens is 384 g/mol. The van der Waals surface area contributed by atoms with Crippen LogP contribution in [0.3, 0.4) is 0 Å². The summed E-state index contributed by atoms with van der Waals surface area (Å²) >= 11 is 0. The molecule has 0 atom stereocenters. The Labute approximate surface area is 156 Å². The first-order valence-corrected chi connectivity index (χ1v) is 7.89. The third-order valence-corrected chi connectivity index (χ3v) is 3.23. The number of anilines is 2. The first-order chi connectivity index (χ1) is 13.2. The number of alkyl halides is 3. The van der Waals surface area contributed by atoms with Gasteiger partial charge in [-0.3, -0.25) is 4.79 Å². The second-order valence-electron chi connectivity index (χ2n) is 5.39. The van der Waals surface area contributed by atoms with Gasteiger partial charge in [-0.25, -0.2) is 9.18 Å². The van der Waals surface area contributed by atoms with Gasteiger partial charge in [0.2, 0.25) is 0 Å². The minimum absolute atomic E-state index is 0.106. The number of benzene rings is 2. The van der Waals surface area contributed by atoms with Crippen LogP contribution in [0.1, 0.15) is 10.4 Å². The fourth-order valence-electron chi connectivity index (χ4n) is 2.15. The summed E-state index contributed by atoms with van der Waals surface area (Å²) in [4.78, 5) is 24.3. The van der Waals surface area contributed by atoms with E-state index in [4.69, 9.17) is 5.73 Å². The Kier molecular flexibility index (Phi) is 6.77. The van der Waals surface area contributed by atoms with Crippen LogP contribution in [0.4, 0.5) is 33.7 Å².